The summed E-state index contributed by atoms with van der Waals surface area (Å²) in [5, 5.41) is 6.20. The predicted molar refractivity (Wildman–Crippen MR) is 111 cm³/mol. The summed E-state index contributed by atoms with van der Waals surface area (Å²) in [5.41, 5.74) is 2.55. The van der Waals surface area contributed by atoms with Gasteiger partial charge in [-0.1, -0.05) is 6.42 Å². The number of rotatable bonds is 10. The Morgan fingerprint density at radius 3 is 2.71 bits per heavy atom. The van der Waals surface area contributed by atoms with Crippen LogP contribution in [0, 0.1) is 13.8 Å². The number of hydrogen-bond acceptors (Lipinski definition) is 7. The topological polar surface area (TPSA) is 97.1 Å². The summed E-state index contributed by atoms with van der Waals surface area (Å²) in [6.45, 7) is 4.60. The molecule has 7 nitrogen and oxygen atoms in total. The van der Waals surface area contributed by atoms with Crippen molar-refractivity contribution in [2.45, 2.75) is 38.0 Å². The minimum atomic E-state index is -3.51. The SMILES string of the molecule is Cc1coc(C)c1S(=O)(=O)NCCCCCNc1nc(-c2cccnc2)cs1. The molecular formula is C19H24N4O3S2. The van der Waals surface area contributed by atoms with Crippen molar-refractivity contribution in [1.29, 1.82) is 0 Å². The first-order valence-corrected chi connectivity index (χ1v) is 11.5. The molecule has 0 saturated heterocycles. The predicted octanol–water partition coefficient (Wildman–Crippen LogP) is 3.98. The number of nitrogens with one attached hydrogen (secondary N) is 2. The Balaban J connectivity index is 1.35. The Labute approximate surface area is 169 Å². The third-order valence-corrected chi connectivity index (χ3v) is 6.77. The van der Waals surface area contributed by atoms with Gasteiger partial charge in [-0.15, -0.1) is 11.3 Å². The normalized spacial score (nSPS) is 11.6. The van der Waals surface area contributed by atoms with Crippen LogP contribution >= 0.6 is 11.3 Å². The Hall–Kier alpha value is -2.23. The maximum absolute atomic E-state index is 12.3. The molecule has 0 aliphatic rings. The molecule has 0 spiro atoms. The van der Waals surface area contributed by atoms with Crippen molar-refractivity contribution in [3.8, 4) is 11.3 Å². The van der Waals surface area contributed by atoms with Gasteiger partial charge in [0.2, 0.25) is 10.0 Å². The van der Waals surface area contributed by atoms with Crippen LogP contribution in [-0.4, -0.2) is 31.5 Å². The Kier molecular flexibility index (Phi) is 6.82. The van der Waals surface area contributed by atoms with Crippen LogP contribution < -0.4 is 10.0 Å². The van der Waals surface area contributed by atoms with Gasteiger partial charge in [-0.05, 0) is 38.8 Å². The second kappa shape index (κ2) is 9.31. The summed E-state index contributed by atoms with van der Waals surface area (Å²) in [6.07, 6.45) is 7.63. The Bertz CT molecular complexity index is 978. The minimum Gasteiger partial charge on any atom is -0.468 e. The van der Waals surface area contributed by atoms with E-state index in [1.165, 1.54) is 6.26 Å². The summed E-state index contributed by atoms with van der Waals surface area (Å²) < 4.78 is 32.5. The molecule has 0 atom stereocenters. The van der Waals surface area contributed by atoms with Gasteiger partial charge in [0.1, 0.15) is 10.7 Å². The summed E-state index contributed by atoms with van der Waals surface area (Å²) in [4.78, 5) is 8.92. The number of sulfonamides is 1. The van der Waals surface area contributed by atoms with E-state index in [4.69, 9.17) is 4.42 Å². The van der Waals surface area contributed by atoms with Crippen LogP contribution in [0.1, 0.15) is 30.6 Å². The van der Waals surface area contributed by atoms with Gasteiger partial charge in [0.15, 0.2) is 5.13 Å². The number of unbranched alkanes of at least 4 members (excludes halogenated alkanes) is 2. The van der Waals surface area contributed by atoms with Gasteiger partial charge in [-0.2, -0.15) is 0 Å². The van der Waals surface area contributed by atoms with Gasteiger partial charge in [-0.25, -0.2) is 18.1 Å². The fraction of sp³-hybridized carbons (Fsp3) is 0.368. The highest BCUT2D eigenvalue weighted by Crippen LogP contribution is 2.24. The molecule has 28 heavy (non-hydrogen) atoms. The van der Waals surface area contributed by atoms with Crippen molar-refractivity contribution in [1.82, 2.24) is 14.7 Å². The van der Waals surface area contributed by atoms with Crippen LogP contribution in [-0.2, 0) is 10.0 Å². The van der Waals surface area contributed by atoms with Crippen molar-refractivity contribution >= 4 is 26.5 Å². The molecule has 0 amide bonds. The molecule has 3 rings (SSSR count). The molecule has 0 saturated carbocycles. The Morgan fingerprint density at radius 2 is 2.00 bits per heavy atom. The van der Waals surface area contributed by atoms with Crippen LogP contribution in [0.3, 0.4) is 0 Å². The molecule has 3 aromatic heterocycles. The fourth-order valence-electron chi connectivity index (χ4n) is 2.87. The van der Waals surface area contributed by atoms with Crippen molar-refractivity contribution < 1.29 is 12.8 Å². The van der Waals surface area contributed by atoms with Crippen LogP contribution in [0.15, 0.2) is 45.5 Å². The van der Waals surface area contributed by atoms with Gasteiger partial charge >= 0.3 is 0 Å². The van der Waals surface area contributed by atoms with Crippen molar-refractivity contribution in [3.05, 3.63) is 47.5 Å². The van der Waals surface area contributed by atoms with Crippen LogP contribution in [0.2, 0.25) is 0 Å². The van der Waals surface area contributed by atoms with Gasteiger partial charge in [0.25, 0.3) is 0 Å². The van der Waals surface area contributed by atoms with Crippen molar-refractivity contribution in [2.75, 3.05) is 18.4 Å². The monoisotopic (exact) mass is 420 g/mol. The van der Waals surface area contributed by atoms with E-state index in [0.29, 0.717) is 17.9 Å². The summed E-state index contributed by atoms with van der Waals surface area (Å²) in [5.74, 6) is 0.420. The summed E-state index contributed by atoms with van der Waals surface area (Å²) >= 11 is 1.57. The fourth-order valence-corrected chi connectivity index (χ4v) is 5.07. The zero-order valence-electron chi connectivity index (χ0n) is 15.9. The third kappa shape index (κ3) is 5.18. The molecule has 0 unspecified atom stereocenters. The summed E-state index contributed by atoms with van der Waals surface area (Å²) in [7, 11) is -3.51. The largest absolute Gasteiger partial charge is 0.468 e. The standard InChI is InChI=1S/C19H24N4O3S2/c1-14-12-26-15(2)18(14)28(24,25)22-10-5-3-4-9-21-19-23-17(13-27-19)16-7-6-8-20-11-16/h6-8,11-13,22H,3-5,9-10H2,1-2H3,(H,21,23). The van der Waals surface area contributed by atoms with Crippen LogP contribution in [0.5, 0.6) is 0 Å². The smallest absolute Gasteiger partial charge is 0.244 e. The number of furan rings is 1. The van der Waals surface area contributed by atoms with E-state index in [2.05, 4.69) is 20.0 Å². The number of aryl methyl sites for hydroxylation is 2. The van der Waals surface area contributed by atoms with Gasteiger partial charge < -0.3 is 9.73 Å². The second-order valence-corrected chi connectivity index (χ2v) is 9.03. The lowest BCUT2D eigenvalue weighted by Gasteiger charge is -2.07. The number of thiazole rings is 1. The number of aromatic nitrogens is 2. The minimum absolute atomic E-state index is 0.252. The zero-order valence-corrected chi connectivity index (χ0v) is 17.6. The highest BCUT2D eigenvalue weighted by atomic mass is 32.2. The first kappa shape index (κ1) is 20.5. The molecule has 0 bridgehead atoms. The van der Waals surface area contributed by atoms with E-state index >= 15 is 0 Å². The molecule has 0 aliphatic heterocycles. The number of pyridine rings is 1. The molecular weight excluding hydrogens is 396 g/mol. The molecule has 3 aromatic rings. The molecule has 150 valence electrons. The lowest BCUT2D eigenvalue weighted by Crippen LogP contribution is -2.25. The average Bonchev–Trinajstić information content (AvgIpc) is 3.28. The van der Waals surface area contributed by atoms with Crippen molar-refractivity contribution in [3.63, 3.8) is 0 Å². The highest BCUT2D eigenvalue weighted by Gasteiger charge is 2.21. The average molecular weight is 421 g/mol. The van der Waals surface area contributed by atoms with E-state index < -0.39 is 10.0 Å². The zero-order chi connectivity index (χ0) is 20.0. The quantitative estimate of drug-likeness (QED) is 0.482. The molecule has 0 aliphatic carbocycles. The molecule has 3 heterocycles. The van der Waals surface area contributed by atoms with E-state index in [0.717, 1.165) is 42.2 Å². The van der Waals surface area contributed by atoms with Gasteiger partial charge in [-0.3, -0.25) is 4.98 Å². The Morgan fingerprint density at radius 1 is 1.18 bits per heavy atom. The van der Waals surface area contributed by atoms with Crippen molar-refractivity contribution in [2.24, 2.45) is 0 Å². The number of anilines is 1. The van der Waals surface area contributed by atoms with E-state index in [1.54, 1.807) is 37.6 Å². The lowest BCUT2D eigenvalue weighted by molar-refractivity contribution is 0.520. The number of hydrogen-bond donors (Lipinski definition) is 2. The lowest BCUT2D eigenvalue weighted by atomic mass is 10.2. The van der Waals surface area contributed by atoms with Gasteiger partial charge in [0, 0.05) is 42.0 Å². The summed E-state index contributed by atoms with van der Waals surface area (Å²) in [6, 6.07) is 3.88. The van der Waals surface area contributed by atoms with Crippen LogP contribution in [0.25, 0.3) is 11.3 Å². The maximum atomic E-state index is 12.3. The molecule has 2 N–H and O–H groups in total. The van der Waals surface area contributed by atoms with E-state index in [1.807, 2.05) is 17.5 Å². The molecule has 9 heteroatoms. The first-order chi connectivity index (χ1) is 13.5. The first-order valence-electron chi connectivity index (χ1n) is 9.11. The second-order valence-electron chi connectivity index (χ2n) is 6.47. The van der Waals surface area contributed by atoms with Crippen LogP contribution in [0.4, 0.5) is 5.13 Å². The maximum Gasteiger partial charge on any atom is 0.244 e. The molecule has 0 aromatic carbocycles. The highest BCUT2D eigenvalue weighted by molar-refractivity contribution is 7.89. The van der Waals surface area contributed by atoms with Gasteiger partial charge in [0.05, 0.1) is 12.0 Å². The van der Waals surface area contributed by atoms with E-state index in [9.17, 15) is 8.42 Å². The molecule has 0 fully saturated rings. The third-order valence-electron chi connectivity index (χ3n) is 4.24. The number of nitrogens with zero attached hydrogens (tertiary/aromatic N) is 2. The molecule has 0 radical (unpaired) electrons. The van der Waals surface area contributed by atoms with E-state index in [-0.39, 0.29) is 4.90 Å².